The van der Waals surface area contributed by atoms with E-state index in [0.29, 0.717) is 0 Å². The summed E-state index contributed by atoms with van der Waals surface area (Å²) in [5.74, 6) is -0.186. The van der Waals surface area contributed by atoms with Gasteiger partial charge in [-0.15, -0.1) is 0 Å². The highest BCUT2D eigenvalue weighted by Crippen LogP contribution is 2.21. The van der Waals surface area contributed by atoms with Crippen LogP contribution in [0.5, 0.6) is 0 Å². The van der Waals surface area contributed by atoms with E-state index in [4.69, 9.17) is 4.74 Å². The smallest absolute Gasteiger partial charge is 0.333 e. The van der Waals surface area contributed by atoms with E-state index in [-0.39, 0.29) is 5.97 Å². The van der Waals surface area contributed by atoms with Crippen molar-refractivity contribution in [2.75, 3.05) is 33.0 Å². The van der Waals surface area contributed by atoms with E-state index in [9.17, 15) is 4.79 Å². The van der Waals surface area contributed by atoms with Gasteiger partial charge in [0, 0.05) is 17.4 Å². The van der Waals surface area contributed by atoms with Crippen molar-refractivity contribution in [2.24, 2.45) is 0 Å². The van der Waals surface area contributed by atoms with Crippen LogP contribution in [0.4, 0.5) is 0 Å². The molecule has 0 aromatic rings. The van der Waals surface area contributed by atoms with Gasteiger partial charge in [-0.05, 0) is 45.0 Å². The normalized spacial score (nSPS) is 22.6. The van der Waals surface area contributed by atoms with Crippen molar-refractivity contribution in [3.05, 3.63) is 11.6 Å². The van der Waals surface area contributed by atoms with Crippen LogP contribution in [0.25, 0.3) is 0 Å². The molecule has 0 radical (unpaired) electrons. The zero-order valence-electron chi connectivity index (χ0n) is 11.8. The van der Waals surface area contributed by atoms with E-state index in [0.717, 1.165) is 36.9 Å². The first-order valence-corrected chi connectivity index (χ1v) is 8.02. The second kappa shape index (κ2) is 8.59. The van der Waals surface area contributed by atoms with Crippen molar-refractivity contribution in [3.8, 4) is 0 Å². The Bertz CT molecular complexity index is 292. The molecular weight excluding hydrogens is 246 g/mol. The molecule has 1 aliphatic rings. The summed E-state index contributed by atoms with van der Waals surface area (Å²) in [4.78, 5) is 13.9. The fourth-order valence-corrected chi connectivity index (χ4v) is 3.03. The summed E-state index contributed by atoms with van der Waals surface area (Å²) in [5.41, 5.74) is 0.795. The minimum absolute atomic E-state index is 0.186. The number of hydrogen-bond acceptors (Lipinski definition) is 4. The van der Waals surface area contributed by atoms with Crippen molar-refractivity contribution in [1.82, 2.24) is 4.90 Å². The highest BCUT2D eigenvalue weighted by Gasteiger charge is 2.15. The molecule has 0 saturated carbocycles. The molecule has 104 valence electrons. The lowest BCUT2D eigenvalue weighted by Gasteiger charge is -2.18. The van der Waals surface area contributed by atoms with Gasteiger partial charge in [-0.2, -0.15) is 11.8 Å². The second-order valence-corrected chi connectivity index (χ2v) is 5.80. The van der Waals surface area contributed by atoms with Crippen molar-refractivity contribution < 1.29 is 9.53 Å². The average Bonchev–Trinajstić information content (AvgIpc) is 2.64. The van der Waals surface area contributed by atoms with Gasteiger partial charge in [0.1, 0.15) is 0 Å². The highest BCUT2D eigenvalue weighted by molar-refractivity contribution is 7.99. The number of thioether (sulfide) groups is 1. The predicted octanol–water partition coefficient (Wildman–Crippen LogP) is 2.71. The zero-order valence-corrected chi connectivity index (χ0v) is 12.6. The Balaban J connectivity index is 2.46. The van der Waals surface area contributed by atoms with Gasteiger partial charge in [0.25, 0.3) is 0 Å². The molecule has 4 heteroatoms. The molecule has 0 spiro atoms. The molecule has 1 aliphatic heterocycles. The van der Waals surface area contributed by atoms with Gasteiger partial charge in [0.2, 0.25) is 0 Å². The Morgan fingerprint density at radius 1 is 1.44 bits per heavy atom. The van der Waals surface area contributed by atoms with Crippen LogP contribution in [0.15, 0.2) is 11.6 Å². The van der Waals surface area contributed by atoms with Gasteiger partial charge in [0.15, 0.2) is 0 Å². The van der Waals surface area contributed by atoms with E-state index in [1.54, 1.807) is 0 Å². The Morgan fingerprint density at radius 2 is 2.22 bits per heavy atom. The van der Waals surface area contributed by atoms with Crippen LogP contribution < -0.4 is 0 Å². The number of ether oxygens (including phenoxy) is 1. The lowest BCUT2D eigenvalue weighted by atomic mass is 10.2. The predicted molar refractivity (Wildman–Crippen MR) is 78.0 cm³/mol. The molecule has 0 aromatic carbocycles. The molecule has 0 aliphatic carbocycles. The molecular formula is C14H25NO2S. The standard InChI is InChI=1S/C14H25NO2S/c1-4-12(14(16)17-2)7-10-15-9-5-6-13(18-3)8-11-15/h7,13H,4-6,8-11H2,1-3H3. The number of esters is 1. The number of nitrogens with zero attached hydrogens (tertiary/aromatic N) is 1. The largest absolute Gasteiger partial charge is 0.466 e. The summed E-state index contributed by atoms with van der Waals surface area (Å²) in [5, 5.41) is 0.810. The van der Waals surface area contributed by atoms with Crippen LogP contribution in [-0.4, -0.2) is 49.1 Å². The van der Waals surface area contributed by atoms with Crippen LogP contribution in [-0.2, 0) is 9.53 Å². The van der Waals surface area contributed by atoms with Crippen LogP contribution in [0.1, 0.15) is 32.6 Å². The van der Waals surface area contributed by atoms with Crippen LogP contribution in [0.3, 0.4) is 0 Å². The Labute approximate surface area is 115 Å². The minimum atomic E-state index is -0.186. The SMILES string of the molecule is CCC(=CCN1CCCC(SC)CC1)C(=O)OC. The topological polar surface area (TPSA) is 29.5 Å². The number of likely N-dealkylation sites (tertiary alicyclic amines) is 1. The van der Waals surface area contributed by atoms with E-state index < -0.39 is 0 Å². The van der Waals surface area contributed by atoms with Crippen LogP contribution in [0, 0.1) is 0 Å². The van der Waals surface area contributed by atoms with Crippen molar-refractivity contribution in [2.45, 2.75) is 37.9 Å². The van der Waals surface area contributed by atoms with E-state index in [1.165, 1.54) is 26.4 Å². The summed E-state index contributed by atoms with van der Waals surface area (Å²) in [6, 6.07) is 0. The molecule has 1 rings (SSSR count). The quantitative estimate of drug-likeness (QED) is 0.568. The lowest BCUT2D eigenvalue weighted by Crippen LogP contribution is -2.25. The first-order chi connectivity index (χ1) is 8.71. The fraction of sp³-hybridized carbons (Fsp3) is 0.786. The summed E-state index contributed by atoms with van der Waals surface area (Å²) in [7, 11) is 1.45. The first kappa shape index (κ1) is 15.6. The summed E-state index contributed by atoms with van der Waals surface area (Å²) in [6.07, 6.45) is 8.82. The van der Waals surface area contributed by atoms with Gasteiger partial charge in [-0.1, -0.05) is 13.0 Å². The van der Waals surface area contributed by atoms with Gasteiger partial charge in [0.05, 0.1) is 7.11 Å². The third-order valence-corrected chi connectivity index (χ3v) is 4.66. The number of methoxy groups -OCH3 is 1. The molecule has 1 fully saturated rings. The van der Waals surface area contributed by atoms with E-state index >= 15 is 0 Å². The maximum atomic E-state index is 11.5. The number of carbonyl (C=O) groups is 1. The van der Waals surface area contributed by atoms with Gasteiger partial charge in [-0.3, -0.25) is 4.90 Å². The molecule has 1 atom stereocenters. The molecule has 1 heterocycles. The Hall–Kier alpha value is -0.480. The Kier molecular flexibility index (Phi) is 7.44. The van der Waals surface area contributed by atoms with Gasteiger partial charge >= 0.3 is 5.97 Å². The number of carbonyl (C=O) groups excluding carboxylic acids is 1. The fourth-order valence-electron chi connectivity index (χ4n) is 2.29. The number of hydrogen-bond donors (Lipinski definition) is 0. The van der Waals surface area contributed by atoms with Crippen molar-refractivity contribution >= 4 is 17.7 Å². The van der Waals surface area contributed by atoms with E-state index in [1.807, 2.05) is 24.8 Å². The summed E-state index contributed by atoms with van der Waals surface area (Å²) < 4.78 is 4.77. The first-order valence-electron chi connectivity index (χ1n) is 6.73. The maximum Gasteiger partial charge on any atom is 0.333 e. The number of rotatable bonds is 5. The van der Waals surface area contributed by atoms with Crippen LogP contribution in [0.2, 0.25) is 0 Å². The molecule has 0 aromatic heterocycles. The molecule has 1 saturated heterocycles. The highest BCUT2D eigenvalue weighted by atomic mass is 32.2. The molecule has 0 N–H and O–H groups in total. The van der Waals surface area contributed by atoms with Crippen molar-refractivity contribution in [3.63, 3.8) is 0 Å². The minimum Gasteiger partial charge on any atom is -0.466 e. The summed E-state index contributed by atoms with van der Waals surface area (Å²) in [6.45, 7) is 5.15. The molecule has 18 heavy (non-hydrogen) atoms. The molecule has 0 bridgehead atoms. The summed E-state index contributed by atoms with van der Waals surface area (Å²) >= 11 is 1.98. The lowest BCUT2D eigenvalue weighted by molar-refractivity contribution is -0.136. The maximum absolute atomic E-state index is 11.5. The van der Waals surface area contributed by atoms with Gasteiger partial charge in [-0.25, -0.2) is 4.79 Å². The molecule has 1 unspecified atom stereocenters. The molecule has 0 amide bonds. The van der Waals surface area contributed by atoms with E-state index in [2.05, 4.69) is 11.2 Å². The average molecular weight is 271 g/mol. The molecule has 3 nitrogen and oxygen atoms in total. The van der Waals surface area contributed by atoms with Crippen molar-refractivity contribution in [1.29, 1.82) is 0 Å². The van der Waals surface area contributed by atoms with Crippen LogP contribution >= 0.6 is 11.8 Å². The third-order valence-electron chi connectivity index (χ3n) is 3.53. The monoisotopic (exact) mass is 271 g/mol. The zero-order chi connectivity index (χ0) is 13.4. The second-order valence-electron chi connectivity index (χ2n) is 4.66. The van der Waals surface area contributed by atoms with Gasteiger partial charge < -0.3 is 4.74 Å². The third kappa shape index (κ3) is 5.02. The Morgan fingerprint density at radius 3 is 2.83 bits per heavy atom.